The summed E-state index contributed by atoms with van der Waals surface area (Å²) < 4.78 is 65.2. The Kier molecular flexibility index (Phi) is 32.5. The van der Waals surface area contributed by atoms with Gasteiger partial charge in [-0.15, -0.1) is 0 Å². The lowest BCUT2D eigenvalue weighted by molar-refractivity contribution is -0.139. The quantitative estimate of drug-likeness (QED) is 0.0693. The lowest BCUT2D eigenvalue weighted by Gasteiger charge is -2.40. The van der Waals surface area contributed by atoms with Gasteiger partial charge in [-0.2, -0.15) is 20.4 Å². The van der Waals surface area contributed by atoms with Crippen molar-refractivity contribution in [2.24, 2.45) is 11.3 Å². The van der Waals surface area contributed by atoms with Gasteiger partial charge in [0.15, 0.2) is 22.6 Å². The number of fused-ring (bicyclic) bond motifs is 4. The monoisotopic (exact) mass is 1930 g/mol. The number of benzene rings is 4. The van der Waals surface area contributed by atoms with Gasteiger partial charge in [-0.3, -0.25) is 38.4 Å². The fraction of sp³-hybridized carbons (Fsp3) is 0.477. The summed E-state index contributed by atoms with van der Waals surface area (Å²) in [7, 11) is 1.57. The molecule has 4 atom stereocenters. The van der Waals surface area contributed by atoms with Gasteiger partial charge in [-0.1, -0.05) is 95.4 Å². The van der Waals surface area contributed by atoms with Crippen LogP contribution in [0.2, 0.25) is 0 Å². The van der Waals surface area contributed by atoms with Crippen molar-refractivity contribution >= 4 is 69.8 Å². The van der Waals surface area contributed by atoms with Crippen molar-refractivity contribution in [2.75, 3.05) is 92.3 Å². The highest BCUT2D eigenvalue weighted by Crippen LogP contribution is 2.35. The number of halogens is 4. The van der Waals surface area contributed by atoms with Crippen LogP contribution in [0, 0.1) is 34.6 Å². The van der Waals surface area contributed by atoms with E-state index in [9.17, 15) is 61.0 Å². The number of carbonyl (C=O) groups excluding carboxylic acids is 8. The Morgan fingerprint density at radius 2 is 0.624 bits per heavy atom. The summed E-state index contributed by atoms with van der Waals surface area (Å²) >= 11 is 0. The molecule has 0 unspecified atom stereocenters. The first kappa shape index (κ1) is 104. The number of carbonyl (C=O) groups is 8. The Bertz CT molecular complexity index is 6320. The Morgan fingerprint density at radius 1 is 0.369 bits per heavy atom. The summed E-state index contributed by atoms with van der Waals surface area (Å²) in [6, 6.07) is 32.2. The van der Waals surface area contributed by atoms with E-state index in [2.05, 4.69) is 103 Å². The molecule has 5 fully saturated rings. The molecular weight excluding hydrogens is 1800 g/mol. The van der Waals surface area contributed by atoms with E-state index in [-0.39, 0.29) is 130 Å². The molecule has 141 heavy (non-hydrogen) atoms. The predicted molar refractivity (Wildman–Crippen MR) is 531 cm³/mol. The van der Waals surface area contributed by atoms with Crippen molar-refractivity contribution in [1.29, 1.82) is 0 Å². The maximum absolute atomic E-state index is 13.5. The minimum absolute atomic E-state index is 0.0275. The Labute approximate surface area is 820 Å². The zero-order chi connectivity index (χ0) is 101. The molecule has 12 heterocycles. The summed E-state index contributed by atoms with van der Waals surface area (Å²) in [5.41, 5.74) is 12.4. The number of hydrogen-bond acceptors (Lipinski definition) is 18. The maximum Gasteiger partial charge on any atom is 0.274 e. The zero-order valence-electron chi connectivity index (χ0n) is 84.2. The second kappa shape index (κ2) is 44.3. The van der Waals surface area contributed by atoms with E-state index in [1.807, 2.05) is 75.6 Å². The smallest absolute Gasteiger partial charge is 0.274 e. The molecule has 12 aromatic rings. The van der Waals surface area contributed by atoms with Crippen LogP contribution < -0.4 is 0 Å². The lowest BCUT2D eigenvalue weighted by Crippen LogP contribution is -2.56. The van der Waals surface area contributed by atoms with Crippen LogP contribution >= 0.6 is 0 Å². The Hall–Kier alpha value is -13.2. The van der Waals surface area contributed by atoms with Crippen molar-refractivity contribution in [3.05, 3.63) is 214 Å². The summed E-state index contributed by atoms with van der Waals surface area (Å²) in [6.45, 7) is 39.7. The molecule has 4 saturated heterocycles. The first-order valence-electron chi connectivity index (χ1n) is 49.1. The van der Waals surface area contributed by atoms with E-state index in [0.717, 1.165) is 57.3 Å². The molecule has 17 rings (SSSR count). The molecule has 8 aromatic heterocycles. The predicted octanol–water partition coefficient (Wildman–Crippen LogP) is 16.9. The molecule has 1 N–H and O–H groups in total. The van der Waals surface area contributed by atoms with Gasteiger partial charge in [0.2, 0.25) is 23.6 Å². The lowest BCUT2D eigenvalue weighted by atomic mass is 9.86. The molecule has 0 bridgehead atoms. The van der Waals surface area contributed by atoms with Crippen LogP contribution in [0.15, 0.2) is 146 Å². The Balaban J connectivity index is 0.000000150. The second-order valence-electron chi connectivity index (χ2n) is 41.1. The third-order valence-corrected chi connectivity index (χ3v) is 26.7. The molecule has 748 valence electrons. The highest BCUT2D eigenvalue weighted by Gasteiger charge is 2.39. The van der Waals surface area contributed by atoms with Gasteiger partial charge in [0.05, 0.1) is 72.6 Å². The number of piperazine rings is 4. The molecular formula is C107H132F4N20O10. The van der Waals surface area contributed by atoms with Crippen LogP contribution in [0.1, 0.15) is 263 Å². The largest absolute Gasteiger partial charge is 0.390 e. The molecule has 4 aromatic carbocycles. The van der Waals surface area contributed by atoms with Crippen LogP contribution in [0.3, 0.4) is 0 Å². The van der Waals surface area contributed by atoms with Crippen molar-refractivity contribution in [3.63, 3.8) is 0 Å². The van der Waals surface area contributed by atoms with Gasteiger partial charge in [-0.25, -0.2) is 55.6 Å². The van der Waals surface area contributed by atoms with Crippen LogP contribution in [-0.4, -0.2) is 272 Å². The minimum Gasteiger partial charge on any atom is -0.390 e. The molecule has 1 aliphatic carbocycles. The average molecular weight is 1930 g/mol. The summed E-state index contributed by atoms with van der Waals surface area (Å²) in [4.78, 5) is 137. The summed E-state index contributed by atoms with van der Waals surface area (Å²) in [6.07, 6.45) is 14.2. The Morgan fingerprint density at radius 3 is 0.865 bits per heavy atom. The first-order valence-corrected chi connectivity index (χ1v) is 49.1. The highest BCUT2D eigenvalue weighted by molar-refractivity contribution is 5.96. The molecule has 0 radical (unpaired) electrons. The average Bonchev–Trinajstić information content (AvgIpc) is 1.64. The van der Waals surface area contributed by atoms with E-state index in [1.165, 1.54) is 67.8 Å². The third kappa shape index (κ3) is 25.0. The number of rotatable bonds is 20. The van der Waals surface area contributed by atoms with Crippen LogP contribution in [0.25, 0.3) is 67.6 Å². The summed E-state index contributed by atoms with van der Waals surface area (Å²) in [5.74, 6) is -0.549. The van der Waals surface area contributed by atoms with E-state index >= 15 is 0 Å². The highest BCUT2D eigenvalue weighted by atomic mass is 19.1. The molecule has 8 amide bonds. The molecule has 0 spiro atoms. The van der Waals surface area contributed by atoms with E-state index < -0.39 is 5.60 Å². The molecule has 34 heteroatoms. The maximum atomic E-state index is 13.5. The van der Waals surface area contributed by atoms with Gasteiger partial charge in [0, 0.05) is 167 Å². The van der Waals surface area contributed by atoms with Gasteiger partial charge in [-0.05, 0) is 211 Å². The number of hydrogen-bond donors (Lipinski definition) is 1. The topological polar surface area (TPSA) is 313 Å². The fourth-order valence-corrected chi connectivity index (χ4v) is 19.0. The number of aromatic nitrogens is 12. The molecule has 30 nitrogen and oxygen atoms in total. The van der Waals surface area contributed by atoms with E-state index in [0.29, 0.717) is 178 Å². The fourth-order valence-electron chi connectivity index (χ4n) is 19.0. The second-order valence-corrected chi connectivity index (χ2v) is 41.1. The normalized spacial score (nSPS) is 17.4. The number of aliphatic hydroxyl groups is 1. The number of amides is 8. The number of ether oxygens (including phenoxy) is 1. The molecule has 4 aliphatic heterocycles. The number of nitrogens with zero attached hydrogens (tertiary/aromatic N) is 20. The van der Waals surface area contributed by atoms with Crippen LogP contribution in [-0.2, 0) is 23.9 Å². The van der Waals surface area contributed by atoms with E-state index in [1.54, 1.807) is 142 Å². The first-order chi connectivity index (χ1) is 66.9. The van der Waals surface area contributed by atoms with E-state index in [4.69, 9.17) is 4.74 Å². The zero-order valence-corrected chi connectivity index (χ0v) is 84.2. The third-order valence-electron chi connectivity index (χ3n) is 26.7. The van der Waals surface area contributed by atoms with Crippen molar-refractivity contribution in [1.82, 2.24) is 97.6 Å². The number of imidazole rings is 4. The van der Waals surface area contributed by atoms with Crippen molar-refractivity contribution in [2.45, 2.75) is 229 Å². The standard InChI is InChI=1S/C29H36FN5O2.C27H34FN5O2.C26H32FN5O3.C25H30FN5O3/c1-19(2)24-16-25(22-9-11-23(30)12-10-22)32-35-18-26(31-28(24)35)29(37)33-13-14-34(20(3)17-33)27(36)15-21-7-5-4-6-8-21;1-17(2)21-13-22(19-7-9-20(28)10-8-19)30-33-16-23(29-25(21)33)26(35)31-11-12-32(18(3)15-31)24(34)14-27(4,5)6;1-16(2)20-12-21(18-6-8-19(27)9-7-18)29-32-15-22(28-24(20)32)25(34)30-10-11-31(17(3)14-30)23(33)13-26(4,5)35;1-16(2)20-13-21(18-5-7-19(26)8-6-18)28-31-15-22(27-24(20)31)25(33)29-10-11-30(17(3)14-29)23(32)9-12-34-4/h9-12,16,18-21H,4-8,13-15,17H2,1-3H3;7-10,13,16-18H,11-12,14-15H2,1-6H3;6-9,12,15-17,35H,10-11,13-14H2,1-5H3;5-8,13,15-17H,9-12,14H2,1-4H3/t20-;18-;2*17-/m0000/s1. The van der Waals surface area contributed by atoms with Crippen molar-refractivity contribution in [3.8, 4) is 45.0 Å². The van der Waals surface area contributed by atoms with Gasteiger partial charge in [0.1, 0.15) is 46.0 Å². The molecule has 1 saturated carbocycles. The summed E-state index contributed by atoms with van der Waals surface area (Å²) in [5, 5.41) is 28.6. The van der Waals surface area contributed by atoms with Gasteiger partial charge < -0.3 is 49.0 Å². The van der Waals surface area contributed by atoms with Crippen molar-refractivity contribution < 1.29 is 65.8 Å². The SMILES string of the molecule is CC(C)c1cc(-c2ccc(F)cc2)nn2cc(C(=O)N3CCN(C(=O)CC(C)(C)C)[C@@H](C)C3)nc12.CC(C)c1cc(-c2ccc(F)cc2)nn2cc(C(=O)N3CCN(C(=O)CC(C)(C)O)[C@@H](C)C3)nc12.CC(C)c1cc(-c2ccc(F)cc2)nn2cc(C(=O)N3CCN(C(=O)CC4CCCCC4)[C@@H](C)C3)nc12.COCCC(=O)N1CCN(C(=O)c2cn3nc(-c4ccc(F)cc4)cc(C(C)C)c3n2)C[C@@H]1C. The van der Waals surface area contributed by atoms with Gasteiger partial charge in [0.25, 0.3) is 23.6 Å². The van der Waals surface area contributed by atoms with Crippen LogP contribution in [0.5, 0.6) is 0 Å². The molecule has 5 aliphatic rings. The minimum atomic E-state index is -1.08. The number of methoxy groups -OCH3 is 1. The van der Waals surface area contributed by atoms with Gasteiger partial charge >= 0.3 is 0 Å². The van der Waals surface area contributed by atoms with Crippen LogP contribution in [0.4, 0.5) is 17.6 Å².